The van der Waals surface area contributed by atoms with Crippen molar-refractivity contribution in [2.75, 3.05) is 13.2 Å². The minimum absolute atomic E-state index is 0.0366. The van der Waals surface area contributed by atoms with Gasteiger partial charge in [0.15, 0.2) is 0 Å². The van der Waals surface area contributed by atoms with E-state index >= 15 is 0 Å². The highest BCUT2D eigenvalue weighted by Crippen LogP contribution is 2.34. The van der Waals surface area contributed by atoms with E-state index in [-0.39, 0.29) is 29.9 Å². The summed E-state index contributed by atoms with van der Waals surface area (Å²) in [6, 6.07) is 11.6. The second-order valence-corrected chi connectivity index (χ2v) is 7.57. The average molecular weight is 379 g/mol. The molecule has 0 radical (unpaired) electrons. The molecule has 0 unspecified atom stereocenters. The molecule has 6 heteroatoms. The lowest BCUT2D eigenvalue weighted by atomic mass is 9.81. The minimum atomic E-state index is -0.293. The molecule has 1 aromatic heterocycles. The van der Waals surface area contributed by atoms with Crippen molar-refractivity contribution < 1.29 is 14.3 Å². The monoisotopic (exact) mass is 379 g/mol. The Morgan fingerprint density at radius 1 is 1.18 bits per heavy atom. The van der Waals surface area contributed by atoms with Crippen LogP contribution in [0.3, 0.4) is 0 Å². The standard InChI is InChI=1S/C22H25N3O3/c1-14-20(17(9-10-24-14)15-5-3-2-4-6-15)22(27)25-11-12-28-19-8-7-16(21(23)26)13-18(19)25/h2-6,9-10,16,18-19H,7-8,11-13H2,1H3,(H2,23,26)/t16-,18+,19+/m0/s1. The van der Waals surface area contributed by atoms with Gasteiger partial charge in [0, 0.05) is 18.7 Å². The molecule has 2 fully saturated rings. The second kappa shape index (κ2) is 7.72. The summed E-state index contributed by atoms with van der Waals surface area (Å²) in [6.45, 7) is 2.88. The van der Waals surface area contributed by atoms with Gasteiger partial charge in [-0.25, -0.2) is 0 Å². The number of pyridine rings is 1. The normalized spacial score (nSPS) is 24.5. The van der Waals surface area contributed by atoms with E-state index in [1.807, 2.05) is 48.2 Å². The average Bonchev–Trinajstić information content (AvgIpc) is 2.73. The number of rotatable bonds is 3. The number of morpholine rings is 1. The van der Waals surface area contributed by atoms with Gasteiger partial charge in [-0.15, -0.1) is 0 Å². The molecule has 2 aliphatic rings. The maximum Gasteiger partial charge on any atom is 0.256 e. The third-order valence-electron chi connectivity index (χ3n) is 5.92. The predicted molar refractivity (Wildman–Crippen MR) is 106 cm³/mol. The Bertz CT molecular complexity index is 884. The number of benzene rings is 1. The van der Waals surface area contributed by atoms with Crippen molar-refractivity contribution in [2.24, 2.45) is 11.7 Å². The largest absolute Gasteiger partial charge is 0.374 e. The van der Waals surface area contributed by atoms with Gasteiger partial charge < -0.3 is 15.4 Å². The summed E-state index contributed by atoms with van der Waals surface area (Å²) in [5, 5.41) is 0. The van der Waals surface area contributed by atoms with Crippen LogP contribution in [0.25, 0.3) is 11.1 Å². The molecular weight excluding hydrogens is 354 g/mol. The minimum Gasteiger partial charge on any atom is -0.374 e. The summed E-state index contributed by atoms with van der Waals surface area (Å²) in [7, 11) is 0. The zero-order chi connectivity index (χ0) is 19.7. The second-order valence-electron chi connectivity index (χ2n) is 7.57. The Hall–Kier alpha value is -2.73. The number of carbonyl (C=O) groups excluding carboxylic acids is 2. The molecule has 1 saturated heterocycles. The third-order valence-corrected chi connectivity index (χ3v) is 5.92. The summed E-state index contributed by atoms with van der Waals surface area (Å²) >= 11 is 0. The van der Waals surface area contributed by atoms with Gasteiger partial charge in [-0.1, -0.05) is 30.3 Å². The molecule has 2 amide bonds. The number of ether oxygens (including phenoxy) is 1. The topological polar surface area (TPSA) is 85.5 Å². The highest BCUT2D eigenvalue weighted by atomic mass is 16.5. The summed E-state index contributed by atoms with van der Waals surface area (Å²) in [5.41, 5.74) is 8.74. The van der Waals surface area contributed by atoms with Crippen molar-refractivity contribution in [3.05, 3.63) is 53.9 Å². The van der Waals surface area contributed by atoms with Gasteiger partial charge in [0.25, 0.3) is 5.91 Å². The summed E-state index contributed by atoms with van der Waals surface area (Å²) in [4.78, 5) is 31.6. The van der Waals surface area contributed by atoms with E-state index in [0.717, 1.165) is 24.0 Å². The van der Waals surface area contributed by atoms with Crippen molar-refractivity contribution in [1.82, 2.24) is 9.88 Å². The highest BCUT2D eigenvalue weighted by molar-refractivity contribution is 6.02. The third kappa shape index (κ3) is 3.40. The van der Waals surface area contributed by atoms with Gasteiger partial charge in [-0.05, 0) is 43.4 Å². The van der Waals surface area contributed by atoms with Crippen LogP contribution in [-0.4, -0.2) is 47.0 Å². The van der Waals surface area contributed by atoms with E-state index in [1.54, 1.807) is 6.20 Å². The lowest BCUT2D eigenvalue weighted by Crippen LogP contribution is -2.57. The van der Waals surface area contributed by atoms with Crippen LogP contribution in [-0.2, 0) is 9.53 Å². The molecule has 2 heterocycles. The van der Waals surface area contributed by atoms with Crippen molar-refractivity contribution in [1.29, 1.82) is 0 Å². The van der Waals surface area contributed by atoms with E-state index < -0.39 is 0 Å². The maximum atomic E-state index is 13.7. The molecule has 0 bridgehead atoms. The van der Waals surface area contributed by atoms with Crippen LogP contribution in [0.2, 0.25) is 0 Å². The maximum absolute atomic E-state index is 13.7. The molecule has 0 spiro atoms. The van der Waals surface area contributed by atoms with E-state index in [1.165, 1.54) is 0 Å². The van der Waals surface area contributed by atoms with Gasteiger partial charge >= 0.3 is 0 Å². The van der Waals surface area contributed by atoms with Crippen LogP contribution in [0.4, 0.5) is 0 Å². The number of hydrogen-bond donors (Lipinski definition) is 1. The molecule has 1 aliphatic heterocycles. The smallest absolute Gasteiger partial charge is 0.256 e. The summed E-state index contributed by atoms with van der Waals surface area (Å²) in [5.74, 6) is -0.548. The molecule has 3 atom stereocenters. The first kappa shape index (κ1) is 18.6. The first-order chi connectivity index (χ1) is 13.6. The molecule has 4 rings (SSSR count). The molecule has 1 aliphatic carbocycles. The molecule has 2 aromatic rings. The van der Waals surface area contributed by atoms with Gasteiger partial charge in [-0.2, -0.15) is 0 Å². The number of carbonyl (C=O) groups is 2. The number of primary amides is 1. The fourth-order valence-corrected chi connectivity index (χ4v) is 4.46. The Morgan fingerprint density at radius 3 is 2.71 bits per heavy atom. The Morgan fingerprint density at radius 2 is 1.96 bits per heavy atom. The molecule has 146 valence electrons. The molecule has 1 saturated carbocycles. The van der Waals surface area contributed by atoms with Crippen LogP contribution in [0.15, 0.2) is 42.6 Å². The van der Waals surface area contributed by atoms with E-state index in [2.05, 4.69) is 4.98 Å². The lowest BCUT2D eigenvalue weighted by molar-refractivity contribution is -0.128. The molecule has 2 N–H and O–H groups in total. The first-order valence-corrected chi connectivity index (χ1v) is 9.79. The number of amides is 2. The van der Waals surface area contributed by atoms with Crippen molar-refractivity contribution in [3.63, 3.8) is 0 Å². The highest BCUT2D eigenvalue weighted by Gasteiger charge is 2.42. The molecule has 1 aromatic carbocycles. The Labute approximate surface area is 164 Å². The zero-order valence-corrected chi connectivity index (χ0v) is 16.0. The summed E-state index contributed by atoms with van der Waals surface area (Å²) < 4.78 is 5.91. The Kier molecular flexibility index (Phi) is 5.13. The van der Waals surface area contributed by atoms with Crippen LogP contribution in [0.5, 0.6) is 0 Å². The number of nitrogens with zero attached hydrogens (tertiary/aromatic N) is 2. The predicted octanol–water partition coefficient (Wildman–Crippen LogP) is 2.55. The first-order valence-electron chi connectivity index (χ1n) is 9.79. The Balaban J connectivity index is 1.70. The van der Waals surface area contributed by atoms with E-state index in [9.17, 15) is 9.59 Å². The fraction of sp³-hybridized carbons (Fsp3) is 0.409. The van der Waals surface area contributed by atoms with Crippen molar-refractivity contribution in [2.45, 2.75) is 38.3 Å². The van der Waals surface area contributed by atoms with Gasteiger partial charge in [0.05, 0.1) is 30.0 Å². The quantitative estimate of drug-likeness (QED) is 0.888. The van der Waals surface area contributed by atoms with Gasteiger partial charge in [-0.3, -0.25) is 14.6 Å². The van der Waals surface area contributed by atoms with Crippen LogP contribution >= 0.6 is 0 Å². The van der Waals surface area contributed by atoms with Gasteiger partial charge in [0.2, 0.25) is 5.91 Å². The van der Waals surface area contributed by atoms with Crippen LogP contribution < -0.4 is 5.73 Å². The molecule has 6 nitrogen and oxygen atoms in total. The number of nitrogens with two attached hydrogens (primary N) is 1. The molecule has 28 heavy (non-hydrogen) atoms. The number of fused-ring (bicyclic) bond motifs is 1. The van der Waals surface area contributed by atoms with E-state index in [0.29, 0.717) is 30.8 Å². The van der Waals surface area contributed by atoms with Crippen LogP contribution in [0.1, 0.15) is 35.3 Å². The SMILES string of the molecule is Cc1nccc(-c2ccccc2)c1C(=O)N1CCO[C@@H]2CC[C@H](C(N)=O)C[C@H]21. The lowest BCUT2D eigenvalue weighted by Gasteiger charge is -2.45. The van der Waals surface area contributed by atoms with Crippen molar-refractivity contribution in [3.8, 4) is 11.1 Å². The zero-order valence-electron chi connectivity index (χ0n) is 16.0. The fourth-order valence-electron chi connectivity index (χ4n) is 4.46. The van der Waals surface area contributed by atoms with Crippen LogP contribution in [0, 0.1) is 12.8 Å². The van der Waals surface area contributed by atoms with Gasteiger partial charge in [0.1, 0.15) is 0 Å². The van der Waals surface area contributed by atoms with Crippen molar-refractivity contribution >= 4 is 11.8 Å². The summed E-state index contributed by atoms with van der Waals surface area (Å²) in [6.07, 6.45) is 3.73. The number of aromatic nitrogens is 1. The van der Waals surface area contributed by atoms with E-state index in [4.69, 9.17) is 10.5 Å². The number of hydrogen-bond acceptors (Lipinski definition) is 4. The molecular formula is C22H25N3O3. The number of aryl methyl sites for hydroxylation is 1.